The number of primary amides is 1. The van der Waals surface area contributed by atoms with E-state index in [2.05, 4.69) is 10.6 Å². The van der Waals surface area contributed by atoms with Crippen LogP contribution in [0.15, 0.2) is 0 Å². The predicted molar refractivity (Wildman–Crippen MR) is 107 cm³/mol. The molecule has 1 heterocycles. The molecular weight excluding hydrogens is 396 g/mol. The van der Waals surface area contributed by atoms with Crippen molar-refractivity contribution in [1.29, 1.82) is 0 Å². The number of nitrogens with one attached hydrogen (secondary N) is 2. The molecule has 0 aromatic heterocycles. The largest absolute Gasteiger partial charge is 0.480 e. The third-order valence-electron chi connectivity index (χ3n) is 4.86. The second-order valence-electron chi connectivity index (χ2n) is 7.26. The molecule has 0 radical (unpaired) electrons. The summed E-state index contributed by atoms with van der Waals surface area (Å²) in [6.07, 6.45) is 2.49. The van der Waals surface area contributed by atoms with Gasteiger partial charge in [-0.25, -0.2) is 4.79 Å². The molecule has 1 fully saturated rings. The van der Waals surface area contributed by atoms with Crippen molar-refractivity contribution in [2.75, 3.05) is 19.6 Å². The van der Waals surface area contributed by atoms with Gasteiger partial charge in [0.2, 0.25) is 23.6 Å². The number of nitrogens with zero attached hydrogens (tertiary/aromatic N) is 1. The molecule has 0 aromatic carbocycles. The lowest BCUT2D eigenvalue weighted by Crippen LogP contribution is -2.53. The Kier molecular flexibility index (Phi) is 10.8. The molecule has 0 aliphatic carbocycles. The van der Waals surface area contributed by atoms with Crippen molar-refractivity contribution >= 4 is 29.6 Å². The van der Waals surface area contributed by atoms with Gasteiger partial charge in [-0.15, -0.1) is 0 Å². The summed E-state index contributed by atoms with van der Waals surface area (Å²) < 4.78 is 0. The minimum absolute atomic E-state index is 0.0339. The van der Waals surface area contributed by atoms with E-state index in [9.17, 15) is 29.1 Å². The van der Waals surface area contributed by atoms with Crippen molar-refractivity contribution in [2.45, 2.75) is 63.1 Å². The van der Waals surface area contributed by atoms with Crippen molar-refractivity contribution < 1.29 is 29.1 Å². The van der Waals surface area contributed by atoms with Crippen LogP contribution in [0.5, 0.6) is 0 Å². The first-order valence-electron chi connectivity index (χ1n) is 10.0. The molecule has 1 aliphatic heterocycles. The first-order chi connectivity index (χ1) is 14.2. The number of carbonyl (C=O) groups excluding carboxylic acids is 4. The van der Waals surface area contributed by atoms with Gasteiger partial charge in [0, 0.05) is 13.0 Å². The van der Waals surface area contributed by atoms with Crippen molar-refractivity contribution in [1.82, 2.24) is 15.5 Å². The van der Waals surface area contributed by atoms with E-state index in [-0.39, 0.29) is 19.3 Å². The van der Waals surface area contributed by atoms with Gasteiger partial charge in [-0.05, 0) is 45.1 Å². The minimum atomic E-state index is -1.16. The Bertz CT molecular complexity index is 643. The predicted octanol–water partition coefficient (Wildman–Crippen LogP) is -2.62. The molecule has 3 unspecified atom stereocenters. The van der Waals surface area contributed by atoms with E-state index >= 15 is 0 Å². The molecule has 9 N–H and O–H groups in total. The first-order valence-corrected chi connectivity index (χ1v) is 10.0. The molecule has 12 nitrogen and oxygen atoms in total. The fourth-order valence-corrected chi connectivity index (χ4v) is 3.22. The average Bonchev–Trinajstić information content (AvgIpc) is 3.18. The summed E-state index contributed by atoms with van der Waals surface area (Å²) in [6.45, 7) is 0.362. The van der Waals surface area contributed by atoms with Gasteiger partial charge >= 0.3 is 5.97 Å². The zero-order valence-electron chi connectivity index (χ0n) is 17.0. The maximum atomic E-state index is 12.5. The summed E-state index contributed by atoms with van der Waals surface area (Å²) in [5.41, 5.74) is 16.2. The lowest BCUT2D eigenvalue weighted by atomic mass is 10.1. The molecule has 30 heavy (non-hydrogen) atoms. The molecule has 1 rings (SSSR count). The Balaban J connectivity index is 2.53. The molecule has 170 valence electrons. The highest BCUT2D eigenvalue weighted by atomic mass is 16.4. The Morgan fingerprint density at radius 3 is 2.43 bits per heavy atom. The number of rotatable bonds is 13. The van der Waals surface area contributed by atoms with E-state index in [0.717, 1.165) is 0 Å². The van der Waals surface area contributed by atoms with Gasteiger partial charge in [-0.3, -0.25) is 19.2 Å². The highest BCUT2D eigenvalue weighted by Gasteiger charge is 2.36. The summed E-state index contributed by atoms with van der Waals surface area (Å²) in [6, 6.07) is -2.78. The molecule has 3 atom stereocenters. The second-order valence-corrected chi connectivity index (χ2v) is 7.26. The summed E-state index contributed by atoms with van der Waals surface area (Å²) in [5, 5.41) is 14.0. The van der Waals surface area contributed by atoms with E-state index in [1.807, 2.05) is 0 Å². The number of amides is 4. The number of unbranched alkanes of at least 4 members (excludes halogenated alkanes) is 1. The fraction of sp³-hybridized carbons (Fsp3) is 0.722. The molecule has 0 spiro atoms. The second kappa shape index (κ2) is 12.8. The van der Waals surface area contributed by atoms with Gasteiger partial charge in [-0.1, -0.05) is 0 Å². The van der Waals surface area contributed by atoms with Crippen molar-refractivity contribution in [3.63, 3.8) is 0 Å². The number of nitrogens with two attached hydrogens (primary N) is 3. The molecule has 4 amide bonds. The van der Waals surface area contributed by atoms with Gasteiger partial charge in [0.1, 0.15) is 12.1 Å². The van der Waals surface area contributed by atoms with Crippen LogP contribution >= 0.6 is 0 Å². The Morgan fingerprint density at radius 1 is 1.13 bits per heavy atom. The van der Waals surface area contributed by atoms with E-state index in [0.29, 0.717) is 38.8 Å². The lowest BCUT2D eigenvalue weighted by Gasteiger charge is -2.26. The van der Waals surface area contributed by atoms with E-state index < -0.39 is 54.3 Å². The van der Waals surface area contributed by atoms with Gasteiger partial charge in [-0.2, -0.15) is 0 Å². The van der Waals surface area contributed by atoms with E-state index in [1.54, 1.807) is 0 Å². The van der Waals surface area contributed by atoms with Crippen LogP contribution in [0, 0.1) is 0 Å². The maximum absolute atomic E-state index is 12.5. The SMILES string of the molecule is NCCCCC(NC(=O)CNC(=O)C1CCCN1C(=O)C(N)CCC(N)=O)C(=O)O. The normalized spacial score (nSPS) is 17.8. The number of likely N-dealkylation sites (tertiary alicyclic amines) is 1. The minimum Gasteiger partial charge on any atom is -0.480 e. The zero-order valence-corrected chi connectivity index (χ0v) is 17.0. The first kappa shape index (κ1) is 25.3. The quantitative estimate of drug-likeness (QED) is 0.171. The lowest BCUT2D eigenvalue weighted by molar-refractivity contribution is -0.142. The third kappa shape index (κ3) is 8.33. The van der Waals surface area contributed by atoms with Gasteiger partial charge in [0.15, 0.2) is 0 Å². The Hall–Kier alpha value is -2.73. The van der Waals surface area contributed by atoms with Crippen LogP contribution in [0.4, 0.5) is 0 Å². The summed E-state index contributed by atoms with van der Waals surface area (Å²) in [4.78, 5) is 60.4. The van der Waals surface area contributed by atoms with Crippen LogP contribution in [0.2, 0.25) is 0 Å². The number of carbonyl (C=O) groups is 5. The molecular formula is C18H32N6O6. The van der Waals surface area contributed by atoms with Crippen LogP contribution < -0.4 is 27.8 Å². The monoisotopic (exact) mass is 428 g/mol. The number of hydrogen-bond acceptors (Lipinski definition) is 7. The summed E-state index contributed by atoms with van der Waals surface area (Å²) in [7, 11) is 0. The van der Waals surface area contributed by atoms with Gasteiger partial charge in [0.05, 0.1) is 12.6 Å². The van der Waals surface area contributed by atoms with E-state index in [1.165, 1.54) is 4.90 Å². The van der Waals surface area contributed by atoms with Crippen molar-refractivity contribution in [3.8, 4) is 0 Å². The number of hydrogen-bond donors (Lipinski definition) is 6. The Morgan fingerprint density at radius 2 is 1.83 bits per heavy atom. The van der Waals surface area contributed by atoms with Crippen LogP contribution in [-0.4, -0.2) is 77.4 Å². The topological polar surface area (TPSA) is 211 Å². The maximum Gasteiger partial charge on any atom is 0.326 e. The summed E-state index contributed by atoms with van der Waals surface area (Å²) in [5.74, 6) is -3.35. The number of carboxylic acids is 1. The zero-order chi connectivity index (χ0) is 22.7. The smallest absolute Gasteiger partial charge is 0.326 e. The van der Waals surface area contributed by atoms with Crippen molar-refractivity contribution in [3.05, 3.63) is 0 Å². The van der Waals surface area contributed by atoms with Crippen LogP contribution in [-0.2, 0) is 24.0 Å². The molecule has 1 saturated heterocycles. The highest BCUT2D eigenvalue weighted by Crippen LogP contribution is 2.19. The number of aliphatic carboxylic acids is 1. The average molecular weight is 428 g/mol. The van der Waals surface area contributed by atoms with Crippen LogP contribution in [0.25, 0.3) is 0 Å². The van der Waals surface area contributed by atoms with Crippen LogP contribution in [0.3, 0.4) is 0 Å². The highest BCUT2D eigenvalue weighted by molar-refractivity contribution is 5.93. The Labute approximate surface area is 174 Å². The molecule has 1 aliphatic rings. The molecule has 0 bridgehead atoms. The van der Waals surface area contributed by atoms with Gasteiger partial charge in [0.25, 0.3) is 0 Å². The number of carboxylic acid groups (broad SMARTS) is 1. The fourth-order valence-electron chi connectivity index (χ4n) is 3.22. The third-order valence-corrected chi connectivity index (χ3v) is 4.86. The summed E-state index contributed by atoms with van der Waals surface area (Å²) >= 11 is 0. The molecule has 0 aromatic rings. The van der Waals surface area contributed by atoms with Crippen molar-refractivity contribution in [2.24, 2.45) is 17.2 Å². The van der Waals surface area contributed by atoms with Crippen LogP contribution in [0.1, 0.15) is 44.9 Å². The van der Waals surface area contributed by atoms with Gasteiger partial charge < -0.3 is 37.8 Å². The van der Waals surface area contributed by atoms with E-state index in [4.69, 9.17) is 17.2 Å². The molecule has 12 heteroatoms. The standard InChI is InChI=1S/C18H32N6O6/c19-8-2-1-4-12(18(29)30)23-15(26)10-22-16(27)13-5-3-9-24(13)17(28)11(20)6-7-14(21)25/h11-13H,1-10,19-20H2,(H2,21,25)(H,22,27)(H,23,26)(H,29,30). The molecule has 0 saturated carbocycles.